The van der Waals surface area contributed by atoms with Crippen molar-refractivity contribution in [1.82, 2.24) is 36.8 Å². The maximum Gasteiger partial charge on any atom is 0.407 e. The van der Waals surface area contributed by atoms with E-state index in [0.29, 0.717) is 50.6 Å². The third kappa shape index (κ3) is 29.3. The van der Waals surface area contributed by atoms with E-state index in [1.165, 1.54) is 121 Å². The van der Waals surface area contributed by atoms with Crippen LogP contribution in [0.2, 0.25) is 0 Å². The maximum absolute atomic E-state index is 13.7. The summed E-state index contributed by atoms with van der Waals surface area (Å²) < 4.78 is 23.9. The molecule has 9 atom stereocenters. The average Bonchev–Trinajstić information content (AvgIpc) is 1.70. The minimum absolute atomic E-state index is 0.00429. The molecular weight excluding hydrogens is 1230 g/mol. The van der Waals surface area contributed by atoms with Gasteiger partial charge in [-0.25, -0.2) is 4.79 Å². The Morgan fingerprint density at radius 1 is 0.567 bits per heavy atom. The van der Waals surface area contributed by atoms with Gasteiger partial charge in [0.2, 0.25) is 29.5 Å². The van der Waals surface area contributed by atoms with Gasteiger partial charge in [0.1, 0.15) is 12.1 Å². The molecule has 1 aliphatic heterocycles. The molecule has 6 N–H and O–H groups in total. The Hall–Kier alpha value is -4.88. The molecule has 0 saturated heterocycles. The first-order valence-electron chi connectivity index (χ1n) is 38.3. The third-order valence-electron chi connectivity index (χ3n) is 22.1. The average molecular weight is 1360 g/mol. The normalized spacial score (nSPS) is 23.0. The fourth-order valence-electron chi connectivity index (χ4n) is 16.2. The van der Waals surface area contributed by atoms with Crippen molar-refractivity contribution in [2.45, 2.75) is 281 Å². The van der Waals surface area contributed by atoms with Gasteiger partial charge >= 0.3 is 6.09 Å². The highest BCUT2D eigenvalue weighted by molar-refractivity contribution is 6.13. The molecule has 0 spiro atoms. The number of rotatable bonds is 49. The molecule has 5 rings (SSSR count). The van der Waals surface area contributed by atoms with Gasteiger partial charge in [-0.3, -0.25) is 38.5 Å². The number of hydrogen-bond donors (Lipinski definition) is 6. The summed E-state index contributed by atoms with van der Waals surface area (Å²) in [7, 11) is 0. The highest BCUT2D eigenvalue weighted by atomic mass is 16.6. The van der Waals surface area contributed by atoms with Gasteiger partial charge in [0.05, 0.1) is 39.6 Å². The van der Waals surface area contributed by atoms with Crippen LogP contribution >= 0.6 is 0 Å². The summed E-state index contributed by atoms with van der Waals surface area (Å²) >= 11 is 0. The summed E-state index contributed by atoms with van der Waals surface area (Å²) in [5.74, 6) is 2.19. The number of nitrogens with one attached hydrogen (secondary N) is 6. The lowest BCUT2D eigenvalue weighted by atomic mass is 9.47. The summed E-state index contributed by atoms with van der Waals surface area (Å²) in [6, 6.07) is -1.05. The molecule has 554 valence electrons. The van der Waals surface area contributed by atoms with Crippen LogP contribution in [0.25, 0.3) is 0 Å². The van der Waals surface area contributed by atoms with Crippen molar-refractivity contribution in [3.8, 4) is 0 Å². The number of carbonyl (C=O) groups is 8. The Kier molecular flexibility index (Phi) is 35.6. The highest BCUT2D eigenvalue weighted by Gasteiger charge is 2.59. The number of carbonyl (C=O) groups excluding carboxylic acids is 8. The predicted molar refractivity (Wildman–Crippen MR) is 384 cm³/mol. The zero-order valence-electron chi connectivity index (χ0n) is 62.7. The fourth-order valence-corrected chi connectivity index (χ4v) is 16.2. The Bertz CT molecular complexity index is 2510. The number of alkyl carbamates (subject to hydrolysis) is 1. The van der Waals surface area contributed by atoms with Crippen molar-refractivity contribution in [2.75, 3.05) is 78.9 Å². The van der Waals surface area contributed by atoms with Crippen molar-refractivity contribution < 1.29 is 57.3 Å². The number of fused-ring (bicyclic) bond motifs is 5. The number of ether oxygens (including phenoxy) is 4. The maximum atomic E-state index is 13.7. The quantitative estimate of drug-likeness (QED) is 0.0189. The van der Waals surface area contributed by atoms with Crippen LogP contribution in [0.1, 0.15) is 269 Å². The topological polar surface area (TPSA) is 249 Å². The molecule has 3 saturated carbocycles. The molecule has 0 radical (unpaired) electrons. The van der Waals surface area contributed by atoms with Gasteiger partial charge in [-0.15, -0.1) is 0 Å². The molecule has 1 heterocycles. The van der Waals surface area contributed by atoms with Gasteiger partial charge in [-0.05, 0) is 104 Å². The molecule has 97 heavy (non-hydrogen) atoms. The van der Waals surface area contributed by atoms with Gasteiger partial charge in [-0.1, -0.05) is 191 Å². The Morgan fingerprint density at radius 2 is 1.13 bits per heavy atom. The molecule has 0 unspecified atom stereocenters. The Morgan fingerprint density at radius 3 is 1.76 bits per heavy atom. The molecule has 4 aliphatic carbocycles. The predicted octanol–water partition coefficient (Wildman–Crippen LogP) is 13.2. The van der Waals surface area contributed by atoms with E-state index in [4.69, 9.17) is 18.9 Å². The lowest BCUT2D eigenvalue weighted by Crippen LogP contribution is -2.51. The second-order valence-electron chi connectivity index (χ2n) is 33.1. The van der Waals surface area contributed by atoms with Gasteiger partial charge in [0.15, 0.2) is 0 Å². The second kappa shape index (κ2) is 41.8. The van der Waals surface area contributed by atoms with Crippen LogP contribution < -0.4 is 31.9 Å². The number of hydrogen-bond acceptors (Lipinski definition) is 12. The van der Waals surface area contributed by atoms with Crippen molar-refractivity contribution in [1.29, 1.82) is 0 Å². The first-order valence-corrected chi connectivity index (χ1v) is 38.3. The summed E-state index contributed by atoms with van der Waals surface area (Å²) in [5.41, 5.74) is 0.915. The SMILES string of the molecule is CCCCCCCCCCCCCCCC(=O)NCC(C)(C)COCC(C)(C)CNC(=O)CC[C@H](NC(=O)CCOCCNC(=O)CCN1C(=O)C=CC1=O)C(=O)NCCOCC(C)(C)CNC(=O)O[C@H]1CC[C@@]2(C)C(=CC[C@H]3[C@@H]4CC[C@H]([C@H](C)CCCC(C)C)[C@@]4(C)CC[C@@H]32)C1. The summed E-state index contributed by atoms with van der Waals surface area (Å²) in [6.07, 6.45) is 34.4. The van der Waals surface area contributed by atoms with Crippen LogP contribution in [0.5, 0.6) is 0 Å². The highest BCUT2D eigenvalue weighted by Crippen LogP contribution is 2.67. The van der Waals surface area contributed by atoms with E-state index >= 15 is 0 Å². The monoisotopic (exact) mass is 1360 g/mol. The van der Waals surface area contributed by atoms with Crippen LogP contribution in [0.4, 0.5) is 4.79 Å². The molecule has 8 amide bonds. The molecule has 5 aliphatic rings. The smallest absolute Gasteiger partial charge is 0.407 e. The number of nitrogens with zero attached hydrogens (tertiary/aromatic N) is 1. The van der Waals surface area contributed by atoms with Crippen LogP contribution in [-0.4, -0.2) is 143 Å². The molecule has 19 heteroatoms. The lowest BCUT2D eigenvalue weighted by molar-refractivity contribution is -0.137. The third-order valence-corrected chi connectivity index (χ3v) is 22.1. The van der Waals surface area contributed by atoms with Crippen molar-refractivity contribution in [2.24, 2.45) is 62.6 Å². The van der Waals surface area contributed by atoms with E-state index < -0.39 is 46.6 Å². The minimum Gasteiger partial charge on any atom is -0.446 e. The van der Waals surface area contributed by atoms with Gasteiger partial charge in [-0.2, -0.15) is 0 Å². The molecule has 0 aromatic rings. The van der Waals surface area contributed by atoms with E-state index in [-0.39, 0.29) is 106 Å². The molecule has 0 aromatic carbocycles. The number of unbranched alkanes of at least 4 members (excludes halogenated alkanes) is 12. The first-order chi connectivity index (χ1) is 46.1. The van der Waals surface area contributed by atoms with Crippen LogP contribution in [0.15, 0.2) is 23.8 Å². The Labute approximate surface area is 585 Å². The molecule has 0 aromatic heterocycles. The lowest BCUT2D eigenvalue weighted by Gasteiger charge is -2.58. The number of allylic oxidation sites excluding steroid dienone is 1. The zero-order chi connectivity index (χ0) is 71.1. The minimum atomic E-state index is -1.05. The molecule has 3 fully saturated rings. The van der Waals surface area contributed by atoms with Crippen molar-refractivity contribution in [3.63, 3.8) is 0 Å². The van der Waals surface area contributed by atoms with E-state index in [1.807, 2.05) is 27.7 Å². The standard InChI is InChI=1S/C78H135N7O12/c1-13-14-15-16-17-18-19-20-21-22-23-24-25-29-66(86)81-51-74(5,6)55-96-56-75(7,8)52-82-67(87)35-34-65(84-69(89)41-47-94-48-44-79-68(88)40-46-85-70(90)36-37-71(85)91)72(92)80-45-49-95-54-76(9,10)53-83-73(93)97-60-38-42-77(11)59(50-60)30-31-61-63-33-32-62(58(4)28-26-27-57(2)3)78(63,12)43-39-64(61)77/h30,36-37,57-58,60-65H,13-29,31-35,38-56H2,1-12H3,(H,79,88)(H,80,92)(H,81,86)(H,82,87)(H,83,93)(H,84,89)/t58-,60+,61+,62-,63+,64+,65+,77+,78-/m1/s1. The molecular formula is C78H135N7O12. The summed E-state index contributed by atoms with van der Waals surface area (Å²) in [5, 5.41) is 17.4. The van der Waals surface area contributed by atoms with Crippen molar-refractivity contribution >= 4 is 47.4 Å². The van der Waals surface area contributed by atoms with E-state index in [1.54, 1.807) is 0 Å². The number of imide groups is 1. The van der Waals surface area contributed by atoms with Crippen LogP contribution in [-0.2, 0) is 52.5 Å². The van der Waals surface area contributed by atoms with Crippen molar-refractivity contribution in [3.05, 3.63) is 23.8 Å². The van der Waals surface area contributed by atoms with Gasteiger partial charge < -0.3 is 50.8 Å². The van der Waals surface area contributed by atoms with Crippen LogP contribution in [0.3, 0.4) is 0 Å². The molecule has 19 nitrogen and oxygen atoms in total. The summed E-state index contributed by atoms with van der Waals surface area (Å²) in [4.78, 5) is 103. The number of amides is 8. The van der Waals surface area contributed by atoms with Gasteiger partial charge in [0.25, 0.3) is 11.8 Å². The second-order valence-corrected chi connectivity index (χ2v) is 33.1. The van der Waals surface area contributed by atoms with E-state index in [0.717, 1.165) is 85.2 Å². The van der Waals surface area contributed by atoms with Crippen LogP contribution in [0, 0.1) is 62.6 Å². The first kappa shape index (κ1) is 82.8. The summed E-state index contributed by atoms with van der Waals surface area (Å²) in [6.45, 7) is 29.4. The van der Waals surface area contributed by atoms with Gasteiger partial charge in [0, 0.05) is 99.8 Å². The fraction of sp³-hybridized carbons (Fsp3) is 0.846. The molecule has 0 bridgehead atoms. The Balaban J connectivity index is 0.995. The van der Waals surface area contributed by atoms with E-state index in [2.05, 4.69) is 93.4 Å². The largest absolute Gasteiger partial charge is 0.446 e. The zero-order valence-corrected chi connectivity index (χ0v) is 62.7. The van der Waals surface area contributed by atoms with E-state index in [9.17, 15) is 38.4 Å².